The van der Waals surface area contributed by atoms with Gasteiger partial charge in [0.2, 0.25) is 0 Å². The standard InChI is InChI=1S/C23H23NO4S/c1-28-20-11-9-17(10-12-20)15-24(19-13-14-29(26,27)16-19)23(25)22-8-4-6-18-5-2-3-7-21(18)22/h2-12,19H,13-16H2,1H3. The Kier molecular flexibility index (Phi) is 5.28. The fraction of sp³-hybridized carbons (Fsp3) is 0.261. The lowest BCUT2D eigenvalue weighted by Gasteiger charge is -2.29. The summed E-state index contributed by atoms with van der Waals surface area (Å²) in [4.78, 5) is 15.3. The van der Waals surface area contributed by atoms with Crippen molar-refractivity contribution in [1.29, 1.82) is 0 Å². The third kappa shape index (κ3) is 4.12. The summed E-state index contributed by atoms with van der Waals surface area (Å²) in [5.74, 6) is 0.739. The van der Waals surface area contributed by atoms with E-state index < -0.39 is 9.84 Å². The summed E-state index contributed by atoms with van der Waals surface area (Å²) >= 11 is 0. The molecule has 0 saturated carbocycles. The highest BCUT2D eigenvalue weighted by Gasteiger charge is 2.35. The topological polar surface area (TPSA) is 63.7 Å². The molecule has 0 bridgehead atoms. The van der Waals surface area contributed by atoms with E-state index in [1.165, 1.54) is 0 Å². The van der Waals surface area contributed by atoms with E-state index in [4.69, 9.17) is 4.74 Å². The first-order valence-electron chi connectivity index (χ1n) is 9.59. The molecule has 0 aromatic heterocycles. The molecule has 0 radical (unpaired) electrons. The smallest absolute Gasteiger partial charge is 0.255 e. The predicted octanol–water partition coefficient (Wildman–Crippen LogP) is 3.68. The van der Waals surface area contributed by atoms with Crippen LogP contribution in [-0.2, 0) is 16.4 Å². The van der Waals surface area contributed by atoms with Gasteiger partial charge in [-0.1, -0.05) is 48.5 Å². The molecule has 1 heterocycles. The van der Waals surface area contributed by atoms with Crippen molar-refractivity contribution in [3.63, 3.8) is 0 Å². The van der Waals surface area contributed by atoms with Crippen molar-refractivity contribution < 1.29 is 17.9 Å². The normalized spacial score (nSPS) is 17.9. The van der Waals surface area contributed by atoms with Crippen LogP contribution in [0.4, 0.5) is 0 Å². The minimum absolute atomic E-state index is 0.0136. The Morgan fingerprint density at radius 1 is 1.03 bits per heavy atom. The van der Waals surface area contributed by atoms with Gasteiger partial charge in [-0.05, 0) is 41.0 Å². The van der Waals surface area contributed by atoms with Crippen molar-refractivity contribution in [2.24, 2.45) is 0 Å². The van der Waals surface area contributed by atoms with Gasteiger partial charge in [-0.3, -0.25) is 4.79 Å². The first-order valence-corrected chi connectivity index (χ1v) is 11.4. The van der Waals surface area contributed by atoms with E-state index in [9.17, 15) is 13.2 Å². The number of carbonyl (C=O) groups excluding carboxylic acids is 1. The van der Waals surface area contributed by atoms with E-state index in [1.54, 1.807) is 12.0 Å². The van der Waals surface area contributed by atoms with Crippen molar-refractivity contribution in [2.45, 2.75) is 19.0 Å². The van der Waals surface area contributed by atoms with Gasteiger partial charge in [0, 0.05) is 18.2 Å². The molecule has 0 N–H and O–H groups in total. The van der Waals surface area contributed by atoms with Gasteiger partial charge < -0.3 is 9.64 Å². The summed E-state index contributed by atoms with van der Waals surface area (Å²) < 4.78 is 29.4. The summed E-state index contributed by atoms with van der Waals surface area (Å²) in [6.45, 7) is 0.353. The van der Waals surface area contributed by atoms with Crippen LogP contribution in [0.25, 0.3) is 10.8 Å². The first kappa shape index (κ1) is 19.5. The molecule has 5 nitrogen and oxygen atoms in total. The van der Waals surface area contributed by atoms with Gasteiger partial charge in [0.05, 0.1) is 18.6 Å². The molecule has 1 atom stereocenters. The van der Waals surface area contributed by atoms with Gasteiger partial charge in [-0.2, -0.15) is 0 Å². The Balaban J connectivity index is 1.71. The van der Waals surface area contributed by atoms with Crippen LogP contribution >= 0.6 is 0 Å². The predicted molar refractivity (Wildman–Crippen MR) is 114 cm³/mol. The van der Waals surface area contributed by atoms with E-state index in [0.717, 1.165) is 22.1 Å². The van der Waals surface area contributed by atoms with Gasteiger partial charge in [-0.25, -0.2) is 8.42 Å². The van der Waals surface area contributed by atoms with Crippen LogP contribution in [0.5, 0.6) is 5.75 Å². The Bertz CT molecular complexity index is 1130. The molecule has 3 aromatic carbocycles. The second-order valence-electron chi connectivity index (χ2n) is 7.36. The summed E-state index contributed by atoms with van der Waals surface area (Å²) in [6, 6.07) is 20.6. The highest BCUT2D eigenvalue weighted by molar-refractivity contribution is 7.91. The van der Waals surface area contributed by atoms with Crippen molar-refractivity contribution in [3.05, 3.63) is 77.9 Å². The largest absolute Gasteiger partial charge is 0.497 e. The number of sulfone groups is 1. The molecule has 3 aromatic rings. The van der Waals surface area contributed by atoms with Gasteiger partial charge in [0.15, 0.2) is 9.84 Å². The van der Waals surface area contributed by atoms with Crippen LogP contribution in [0, 0.1) is 0 Å². The summed E-state index contributed by atoms with van der Waals surface area (Å²) in [5.41, 5.74) is 1.53. The average Bonchev–Trinajstić information content (AvgIpc) is 3.11. The Hall–Kier alpha value is -2.86. The third-order valence-corrected chi connectivity index (χ3v) is 7.19. The van der Waals surface area contributed by atoms with E-state index in [-0.39, 0.29) is 23.5 Å². The Labute approximate surface area is 170 Å². The van der Waals surface area contributed by atoms with Crippen LogP contribution in [0.2, 0.25) is 0 Å². The number of hydrogen-bond donors (Lipinski definition) is 0. The minimum atomic E-state index is -3.12. The van der Waals surface area contributed by atoms with Crippen LogP contribution in [0.3, 0.4) is 0 Å². The maximum Gasteiger partial charge on any atom is 0.255 e. The molecule has 0 spiro atoms. The monoisotopic (exact) mass is 409 g/mol. The van der Waals surface area contributed by atoms with Gasteiger partial charge in [0.25, 0.3) is 5.91 Å². The lowest BCUT2D eigenvalue weighted by Crippen LogP contribution is -2.40. The van der Waals surface area contributed by atoms with Crippen LogP contribution in [-0.4, -0.2) is 43.9 Å². The summed E-state index contributed by atoms with van der Waals surface area (Å²) in [6.07, 6.45) is 0.467. The molecule has 1 unspecified atom stereocenters. The van der Waals surface area contributed by atoms with E-state index >= 15 is 0 Å². The van der Waals surface area contributed by atoms with E-state index in [1.807, 2.05) is 66.7 Å². The SMILES string of the molecule is COc1ccc(CN(C(=O)c2cccc3ccccc23)C2CCS(=O)(=O)C2)cc1. The lowest BCUT2D eigenvalue weighted by molar-refractivity contribution is 0.0683. The van der Waals surface area contributed by atoms with E-state index in [2.05, 4.69) is 0 Å². The number of methoxy groups -OCH3 is 1. The van der Waals surface area contributed by atoms with Crippen molar-refractivity contribution in [3.8, 4) is 5.75 Å². The van der Waals surface area contributed by atoms with Crippen molar-refractivity contribution >= 4 is 26.5 Å². The molecule has 1 fully saturated rings. The number of rotatable bonds is 5. The molecule has 4 rings (SSSR count). The quantitative estimate of drug-likeness (QED) is 0.645. The Morgan fingerprint density at radius 2 is 1.76 bits per heavy atom. The number of ether oxygens (including phenoxy) is 1. The Morgan fingerprint density at radius 3 is 2.45 bits per heavy atom. The number of carbonyl (C=O) groups is 1. The number of hydrogen-bond acceptors (Lipinski definition) is 4. The molecule has 29 heavy (non-hydrogen) atoms. The maximum absolute atomic E-state index is 13.6. The lowest BCUT2D eigenvalue weighted by atomic mass is 10.0. The second kappa shape index (κ2) is 7.87. The summed E-state index contributed by atoms with van der Waals surface area (Å²) in [5, 5.41) is 1.86. The first-order chi connectivity index (χ1) is 14.0. The van der Waals surface area contributed by atoms with Crippen LogP contribution in [0.15, 0.2) is 66.7 Å². The molecule has 1 amide bonds. The zero-order chi connectivity index (χ0) is 20.4. The fourth-order valence-electron chi connectivity index (χ4n) is 3.88. The molecule has 1 aliphatic heterocycles. The second-order valence-corrected chi connectivity index (χ2v) is 9.59. The molecular formula is C23H23NO4S. The van der Waals surface area contributed by atoms with Crippen LogP contribution < -0.4 is 4.74 Å². The molecule has 1 saturated heterocycles. The van der Waals surface area contributed by atoms with Crippen molar-refractivity contribution in [1.82, 2.24) is 4.90 Å². The molecular weight excluding hydrogens is 386 g/mol. The number of nitrogens with zero attached hydrogens (tertiary/aromatic N) is 1. The number of fused-ring (bicyclic) bond motifs is 1. The zero-order valence-electron chi connectivity index (χ0n) is 16.2. The minimum Gasteiger partial charge on any atom is -0.497 e. The molecule has 6 heteroatoms. The number of amides is 1. The highest BCUT2D eigenvalue weighted by atomic mass is 32.2. The van der Waals surface area contributed by atoms with E-state index in [0.29, 0.717) is 18.5 Å². The number of benzene rings is 3. The zero-order valence-corrected chi connectivity index (χ0v) is 17.1. The van der Waals surface area contributed by atoms with Crippen LogP contribution in [0.1, 0.15) is 22.3 Å². The van der Waals surface area contributed by atoms with Gasteiger partial charge >= 0.3 is 0 Å². The molecule has 150 valence electrons. The van der Waals surface area contributed by atoms with Gasteiger partial charge in [-0.15, -0.1) is 0 Å². The van der Waals surface area contributed by atoms with Crippen molar-refractivity contribution in [2.75, 3.05) is 18.6 Å². The third-order valence-electron chi connectivity index (χ3n) is 5.44. The molecule has 0 aliphatic carbocycles. The highest BCUT2D eigenvalue weighted by Crippen LogP contribution is 2.26. The average molecular weight is 410 g/mol. The molecule has 1 aliphatic rings. The fourth-order valence-corrected chi connectivity index (χ4v) is 5.61. The summed E-state index contributed by atoms with van der Waals surface area (Å²) in [7, 11) is -1.51. The maximum atomic E-state index is 13.6. The van der Waals surface area contributed by atoms with Gasteiger partial charge in [0.1, 0.15) is 5.75 Å².